The molecule has 3 aromatic rings. The molecule has 224 valence electrons. The van der Waals surface area contributed by atoms with Crippen molar-refractivity contribution in [1.29, 1.82) is 0 Å². The minimum absolute atomic E-state index is 0.0200. The highest BCUT2D eigenvalue weighted by Crippen LogP contribution is 2.34. The van der Waals surface area contributed by atoms with E-state index in [1.807, 2.05) is 66.4 Å². The van der Waals surface area contributed by atoms with Crippen molar-refractivity contribution in [3.05, 3.63) is 102 Å². The first-order valence-electron chi connectivity index (χ1n) is 15.1. The fourth-order valence-electron chi connectivity index (χ4n) is 6.62. The number of hydrogen-bond acceptors (Lipinski definition) is 4. The predicted octanol–water partition coefficient (Wildman–Crippen LogP) is 5.38. The molecule has 4 atom stereocenters. The average Bonchev–Trinajstić information content (AvgIpc) is 3.45. The summed E-state index contributed by atoms with van der Waals surface area (Å²) < 4.78 is 28.3. The highest BCUT2D eigenvalue weighted by atomic mass is 32.2. The van der Waals surface area contributed by atoms with Gasteiger partial charge in [-0.3, -0.25) is 0 Å². The Morgan fingerprint density at radius 2 is 1.52 bits per heavy atom. The first kappa shape index (κ1) is 30.3. The Balaban J connectivity index is 1.21. The molecule has 0 aromatic heterocycles. The number of urea groups is 1. The molecule has 2 heterocycles. The number of likely N-dealkylation sites (tertiary alicyclic amines) is 2. The third kappa shape index (κ3) is 6.88. The van der Waals surface area contributed by atoms with Gasteiger partial charge in [0.05, 0.1) is 10.9 Å². The van der Waals surface area contributed by atoms with E-state index in [9.17, 15) is 13.2 Å². The summed E-state index contributed by atoms with van der Waals surface area (Å²) in [5.41, 5.74) is 1.90. The summed E-state index contributed by atoms with van der Waals surface area (Å²) >= 11 is 0. The quantitative estimate of drug-likeness (QED) is 0.345. The van der Waals surface area contributed by atoms with Gasteiger partial charge in [0.15, 0.2) is 0 Å². The van der Waals surface area contributed by atoms with Gasteiger partial charge in [0.2, 0.25) is 10.0 Å². The van der Waals surface area contributed by atoms with Crippen molar-refractivity contribution < 1.29 is 13.2 Å². The zero-order chi connectivity index (χ0) is 29.7. The summed E-state index contributed by atoms with van der Waals surface area (Å²) in [6, 6.07) is 29.0. The Hall–Kier alpha value is -3.20. The molecule has 2 amide bonds. The van der Waals surface area contributed by atoms with Crippen molar-refractivity contribution in [2.45, 2.75) is 43.0 Å². The first-order chi connectivity index (χ1) is 20.2. The van der Waals surface area contributed by atoms with E-state index in [1.54, 1.807) is 31.3 Å². The molecule has 8 heteroatoms. The van der Waals surface area contributed by atoms with Crippen LogP contribution in [0.3, 0.4) is 0 Å². The van der Waals surface area contributed by atoms with Crippen LogP contribution in [-0.4, -0.2) is 74.9 Å². The Labute approximate surface area is 251 Å². The molecule has 0 spiro atoms. The molecule has 3 aromatic carbocycles. The maximum atomic E-state index is 13.4. The molecule has 42 heavy (non-hydrogen) atoms. The highest BCUT2D eigenvalue weighted by molar-refractivity contribution is 7.89. The number of benzene rings is 3. The van der Waals surface area contributed by atoms with E-state index in [4.69, 9.17) is 0 Å². The minimum atomic E-state index is -3.60. The summed E-state index contributed by atoms with van der Waals surface area (Å²) in [7, 11) is -1.91. The smallest absolute Gasteiger partial charge is 0.317 e. The number of likely N-dealkylation sites (N-methyl/N-ethyl adjacent to an activating group) is 1. The number of sulfonamides is 1. The number of rotatable bonds is 10. The van der Waals surface area contributed by atoms with E-state index in [-0.39, 0.29) is 17.5 Å². The molecular formula is C34H44N4O3S. The zero-order valence-electron chi connectivity index (χ0n) is 25.0. The maximum Gasteiger partial charge on any atom is 0.317 e. The van der Waals surface area contributed by atoms with Gasteiger partial charge >= 0.3 is 6.03 Å². The number of piperidine rings is 1. The second kappa shape index (κ2) is 13.0. The van der Waals surface area contributed by atoms with Gasteiger partial charge in [-0.15, -0.1) is 0 Å². The highest BCUT2D eigenvalue weighted by Gasteiger charge is 2.40. The van der Waals surface area contributed by atoms with Gasteiger partial charge in [-0.2, -0.15) is 0 Å². The van der Waals surface area contributed by atoms with E-state index in [0.29, 0.717) is 23.3 Å². The van der Waals surface area contributed by atoms with Crippen LogP contribution < -0.4 is 5.32 Å². The molecular weight excluding hydrogens is 544 g/mol. The molecule has 2 aliphatic heterocycles. The van der Waals surface area contributed by atoms with Crippen LogP contribution in [-0.2, 0) is 15.4 Å². The molecule has 2 aliphatic rings. The molecule has 0 radical (unpaired) electrons. The average molecular weight is 589 g/mol. The number of fused-ring (bicyclic) bond motifs is 1. The largest absolute Gasteiger partial charge is 0.331 e. The lowest BCUT2D eigenvalue weighted by atomic mass is 9.78. The normalized spacial score (nSPS) is 21.5. The van der Waals surface area contributed by atoms with Crippen molar-refractivity contribution in [3.63, 3.8) is 0 Å². The van der Waals surface area contributed by atoms with Crippen LogP contribution in [0.4, 0.5) is 4.79 Å². The molecule has 1 N–H and O–H groups in total. The molecule has 0 saturated carbocycles. The van der Waals surface area contributed by atoms with Crippen LogP contribution >= 0.6 is 0 Å². The lowest BCUT2D eigenvalue weighted by molar-refractivity contribution is 0.135. The lowest BCUT2D eigenvalue weighted by Crippen LogP contribution is -2.45. The summed E-state index contributed by atoms with van der Waals surface area (Å²) in [4.78, 5) is 17.9. The van der Waals surface area contributed by atoms with Crippen molar-refractivity contribution in [3.8, 4) is 0 Å². The molecule has 0 bridgehead atoms. The number of nitrogens with one attached hydrogen (secondary N) is 1. The van der Waals surface area contributed by atoms with E-state index >= 15 is 0 Å². The molecule has 5 rings (SSSR count). The second-order valence-electron chi connectivity index (χ2n) is 12.3. The van der Waals surface area contributed by atoms with Gasteiger partial charge in [-0.25, -0.2) is 17.5 Å². The van der Waals surface area contributed by atoms with Crippen molar-refractivity contribution >= 4 is 16.1 Å². The zero-order valence-corrected chi connectivity index (χ0v) is 25.8. The van der Waals surface area contributed by atoms with Crippen LogP contribution in [0.5, 0.6) is 0 Å². The van der Waals surface area contributed by atoms with E-state index in [0.717, 1.165) is 56.7 Å². The molecule has 7 nitrogen and oxygen atoms in total. The number of amides is 2. The van der Waals surface area contributed by atoms with E-state index < -0.39 is 10.0 Å². The summed E-state index contributed by atoms with van der Waals surface area (Å²) in [6.07, 6.45) is 1.91. The van der Waals surface area contributed by atoms with E-state index in [1.165, 1.54) is 4.31 Å². The Kier molecular flexibility index (Phi) is 9.35. The lowest BCUT2D eigenvalue weighted by Gasteiger charge is -2.39. The summed E-state index contributed by atoms with van der Waals surface area (Å²) in [5, 5.41) is 3.18. The number of hydrogen-bond donors (Lipinski definition) is 1. The van der Waals surface area contributed by atoms with Gasteiger partial charge in [-0.05, 0) is 68.0 Å². The standard InChI is InChI=1S/C34H44N4O3S/c1-27(28-13-7-4-8-14-28)35-33(39)38-24-29-19-21-37(23-30(29)25-38)22-20-34(2,31-15-9-5-10-16-31)26-36(3)42(40,41)32-17-11-6-12-18-32/h4-18,27,29-30H,19-26H2,1-3H3,(H,35,39)/t27-,29-,30+,34+/m0/s1. The fraction of sp³-hybridized carbons (Fsp3) is 0.441. The van der Waals surface area contributed by atoms with Gasteiger partial charge in [0.25, 0.3) is 0 Å². The molecule has 2 saturated heterocycles. The van der Waals surface area contributed by atoms with Gasteiger partial charge in [0.1, 0.15) is 0 Å². The summed E-state index contributed by atoms with van der Waals surface area (Å²) in [5.74, 6) is 0.988. The van der Waals surface area contributed by atoms with E-state index in [2.05, 4.69) is 29.3 Å². The molecule has 0 aliphatic carbocycles. The van der Waals surface area contributed by atoms with Crippen LogP contribution in [0, 0.1) is 11.8 Å². The third-order valence-electron chi connectivity index (χ3n) is 9.29. The van der Waals surface area contributed by atoms with Crippen LogP contribution in [0.25, 0.3) is 0 Å². The fourth-order valence-corrected chi connectivity index (χ4v) is 7.94. The van der Waals surface area contributed by atoms with Gasteiger partial charge in [-0.1, -0.05) is 85.8 Å². The van der Waals surface area contributed by atoms with Gasteiger partial charge < -0.3 is 15.1 Å². The Morgan fingerprint density at radius 3 is 2.19 bits per heavy atom. The van der Waals surface area contributed by atoms with Crippen LogP contribution in [0.2, 0.25) is 0 Å². The second-order valence-corrected chi connectivity index (χ2v) is 14.4. The maximum absolute atomic E-state index is 13.4. The number of carbonyl (C=O) groups excluding carboxylic acids is 1. The first-order valence-corrected chi connectivity index (χ1v) is 16.5. The van der Waals surface area contributed by atoms with Crippen molar-refractivity contribution in [2.75, 3.05) is 46.3 Å². The Morgan fingerprint density at radius 1 is 0.929 bits per heavy atom. The van der Waals surface area contributed by atoms with Crippen molar-refractivity contribution in [2.24, 2.45) is 11.8 Å². The minimum Gasteiger partial charge on any atom is -0.331 e. The van der Waals surface area contributed by atoms with Crippen LogP contribution in [0.15, 0.2) is 95.9 Å². The Bertz CT molecular complexity index is 1420. The molecule has 0 unspecified atom stereocenters. The molecule has 2 fully saturated rings. The summed E-state index contributed by atoms with van der Waals surface area (Å²) in [6.45, 7) is 9.04. The topological polar surface area (TPSA) is 73.0 Å². The predicted molar refractivity (Wildman–Crippen MR) is 168 cm³/mol. The van der Waals surface area contributed by atoms with Gasteiger partial charge in [0, 0.05) is 38.6 Å². The number of nitrogens with zero attached hydrogens (tertiary/aromatic N) is 3. The SMILES string of the molecule is C[C@H](NC(=O)N1C[C@H]2CN(CC[C@](C)(CN(C)S(=O)(=O)c3ccccc3)c3ccccc3)CC[C@H]2C1)c1ccccc1. The van der Waals surface area contributed by atoms with Crippen molar-refractivity contribution in [1.82, 2.24) is 19.4 Å². The number of carbonyl (C=O) groups is 1. The monoisotopic (exact) mass is 588 g/mol. The van der Waals surface area contributed by atoms with Crippen LogP contribution in [0.1, 0.15) is 43.9 Å². The third-order valence-corrected chi connectivity index (χ3v) is 11.1.